The summed E-state index contributed by atoms with van der Waals surface area (Å²) >= 11 is 0. The van der Waals surface area contributed by atoms with Crippen LogP contribution in [0.3, 0.4) is 0 Å². The van der Waals surface area contributed by atoms with Gasteiger partial charge < -0.3 is 15.7 Å². The summed E-state index contributed by atoms with van der Waals surface area (Å²) in [6.07, 6.45) is 1.85. The highest BCUT2D eigenvalue weighted by molar-refractivity contribution is 5.94. The molecule has 6 heteroatoms. The fraction of sp³-hybridized carbons (Fsp3) is 0.214. The number of carbonyl (C=O) groups is 2. The second-order valence-corrected chi connectivity index (χ2v) is 4.31. The third-order valence-electron chi connectivity index (χ3n) is 2.86. The molecule has 104 valence electrons. The molecular weight excluding hydrogens is 258 g/mol. The molecule has 0 radical (unpaired) electrons. The number of aromatic nitrogens is 1. The molecule has 2 aromatic rings. The lowest BCUT2D eigenvalue weighted by atomic mass is 10.2. The van der Waals surface area contributed by atoms with E-state index < -0.39 is 18.0 Å². The maximum atomic E-state index is 11.7. The van der Waals surface area contributed by atoms with Gasteiger partial charge in [0, 0.05) is 5.39 Å². The van der Waals surface area contributed by atoms with E-state index in [9.17, 15) is 9.59 Å². The molecule has 1 aromatic carbocycles. The molecule has 0 aliphatic heterocycles. The Labute approximate surface area is 115 Å². The first-order valence-corrected chi connectivity index (χ1v) is 6.25. The molecule has 20 heavy (non-hydrogen) atoms. The van der Waals surface area contributed by atoms with Crippen LogP contribution in [0, 0.1) is 0 Å². The fourth-order valence-electron chi connectivity index (χ4n) is 1.80. The average Bonchev–Trinajstić information content (AvgIpc) is 2.44. The van der Waals surface area contributed by atoms with Gasteiger partial charge in [0.1, 0.15) is 6.04 Å². The summed E-state index contributed by atoms with van der Waals surface area (Å²) in [7, 11) is 0. The van der Waals surface area contributed by atoms with Crippen LogP contribution in [0.1, 0.15) is 13.3 Å². The van der Waals surface area contributed by atoms with Crippen molar-refractivity contribution in [2.75, 3.05) is 5.32 Å². The minimum absolute atomic E-state index is 0.318. The molecule has 0 aliphatic carbocycles. The first-order valence-electron chi connectivity index (χ1n) is 6.25. The summed E-state index contributed by atoms with van der Waals surface area (Å²) in [6, 6.07) is 7.84. The van der Waals surface area contributed by atoms with Crippen LogP contribution >= 0.6 is 0 Å². The third kappa shape index (κ3) is 3.23. The van der Waals surface area contributed by atoms with E-state index in [1.807, 2.05) is 24.3 Å². The van der Waals surface area contributed by atoms with Gasteiger partial charge in [0.2, 0.25) is 0 Å². The van der Waals surface area contributed by atoms with Crippen LogP contribution in [0.4, 0.5) is 10.5 Å². The summed E-state index contributed by atoms with van der Waals surface area (Å²) < 4.78 is 0. The molecule has 0 aliphatic rings. The topological polar surface area (TPSA) is 91.3 Å². The van der Waals surface area contributed by atoms with E-state index in [4.69, 9.17) is 5.11 Å². The van der Waals surface area contributed by atoms with Gasteiger partial charge in [-0.15, -0.1) is 0 Å². The Morgan fingerprint density at radius 2 is 2.10 bits per heavy atom. The SMILES string of the molecule is CC[C@@H](NC(=O)Nc1cnc2ccccc2c1)C(=O)O. The van der Waals surface area contributed by atoms with Gasteiger partial charge in [-0.05, 0) is 18.6 Å². The molecule has 1 aromatic heterocycles. The largest absolute Gasteiger partial charge is 0.480 e. The molecule has 6 nitrogen and oxygen atoms in total. The highest BCUT2D eigenvalue weighted by Crippen LogP contribution is 2.15. The number of fused-ring (bicyclic) bond motifs is 1. The molecule has 0 unspecified atom stereocenters. The number of benzene rings is 1. The Morgan fingerprint density at radius 1 is 1.35 bits per heavy atom. The summed E-state index contributed by atoms with van der Waals surface area (Å²) in [5, 5.41) is 14.7. The van der Waals surface area contributed by atoms with Crippen molar-refractivity contribution in [3.8, 4) is 0 Å². The van der Waals surface area contributed by atoms with Gasteiger partial charge in [0.25, 0.3) is 0 Å². The van der Waals surface area contributed by atoms with Crippen molar-refractivity contribution in [3.05, 3.63) is 36.5 Å². The number of anilines is 1. The smallest absolute Gasteiger partial charge is 0.326 e. The Hall–Kier alpha value is -2.63. The van der Waals surface area contributed by atoms with Gasteiger partial charge in [-0.2, -0.15) is 0 Å². The predicted molar refractivity (Wildman–Crippen MR) is 75.6 cm³/mol. The van der Waals surface area contributed by atoms with E-state index in [-0.39, 0.29) is 0 Å². The average molecular weight is 273 g/mol. The van der Waals surface area contributed by atoms with Crippen molar-refractivity contribution in [3.63, 3.8) is 0 Å². The lowest BCUT2D eigenvalue weighted by molar-refractivity contribution is -0.139. The number of hydrogen-bond acceptors (Lipinski definition) is 3. The van der Waals surface area contributed by atoms with E-state index >= 15 is 0 Å². The number of hydrogen-bond donors (Lipinski definition) is 3. The van der Waals surface area contributed by atoms with Crippen LogP contribution in [0.2, 0.25) is 0 Å². The lowest BCUT2D eigenvalue weighted by Crippen LogP contribution is -2.42. The molecule has 1 heterocycles. The monoisotopic (exact) mass is 273 g/mol. The van der Waals surface area contributed by atoms with Crippen molar-refractivity contribution in [1.82, 2.24) is 10.3 Å². The first-order chi connectivity index (χ1) is 9.60. The van der Waals surface area contributed by atoms with E-state index in [1.54, 1.807) is 13.0 Å². The number of urea groups is 1. The number of nitrogens with zero attached hydrogens (tertiary/aromatic N) is 1. The van der Waals surface area contributed by atoms with Crippen molar-refractivity contribution in [2.45, 2.75) is 19.4 Å². The van der Waals surface area contributed by atoms with Crippen LogP contribution in [0.15, 0.2) is 36.5 Å². The van der Waals surface area contributed by atoms with Gasteiger partial charge in [-0.3, -0.25) is 4.98 Å². The van der Waals surface area contributed by atoms with Crippen LogP contribution in [0.25, 0.3) is 10.9 Å². The molecular formula is C14H15N3O3. The molecule has 0 spiro atoms. The molecule has 0 fully saturated rings. The molecule has 3 N–H and O–H groups in total. The predicted octanol–water partition coefficient (Wildman–Crippen LogP) is 2.22. The quantitative estimate of drug-likeness (QED) is 0.796. The number of para-hydroxylation sites is 1. The van der Waals surface area contributed by atoms with Crippen LogP contribution in [0.5, 0.6) is 0 Å². The Morgan fingerprint density at radius 3 is 2.80 bits per heavy atom. The zero-order valence-corrected chi connectivity index (χ0v) is 11.0. The lowest BCUT2D eigenvalue weighted by Gasteiger charge is -2.13. The standard InChI is InChI=1S/C14H15N3O3/c1-2-11(13(18)19)17-14(20)16-10-7-9-5-3-4-6-12(9)15-8-10/h3-8,11H,2H2,1H3,(H,18,19)(H2,16,17,20)/t11-/m1/s1. The number of rotatable bonds is 4. The van der Waals surface area contributed by atoms with Gasteiger partial charge in [0.05, 0.1) is 17.4 Å². The number of amides is 2. The second kappa shape index (κ2) is 6.01. The van der Waals surface area contributed by atoms with Crippen molar-refractivity contribution in [2.24, 2.45) is 0 Å². The van der Waals surface area contributed by atoms with Gasteiger partial charge in [0.15, 0.2) is 0 Å². The number of nitrogens with one attached hydrogen (secondary N) is 2. The van der Waals surface area contributed by atoms with Gasteiger partial charge in [-0.25, -0.2) is 9.59 Å². The van der Waals surface area contributed by atoms with Gasteiger partial charge >= 0.3 is 12.0 Å². The maximum Gasteiger partial charge on any atom is 0.326 e. The van der Waals surface area contributed by atoms with E-state index in [0.29, 0.717) is 12.1 Å². The molecule has 1 atom stereocenters. The highest BCUT2D eigenvalue weighted by atomic mass is 16.4. The second-order valence-electron chi connectivity index (χ2n) is 4.31. The fourth-order valence-corrected chi connectivity index (χ4v) is 1.80. The molecule has 2 rings (SSSR count). The number of carboxylic acid groups (broad SMARTS) is 1. The molecule has 0 saturated heterocycles. The maximum absolute atomic E-state index is 11.7. The Balaban J connectivity index is 2.07. The van der Waals surface area contributed by atoms with E-state index in [1.165, 1.54) is 6.20 Å². The summed E-state index contributed by atoms with van der Waals surface area (Å²) in [5.74, 6) is -1.06. The number of carbonyl (C=O) groups excluding carboxylic acids is 1. The number of aliphatic carboxylic acids is 1. The minimum atomic E-state index is -1.06. The Bertz CT molecular complexity index is 642. The van der Waals surface area contributed by atoms with Crippen molar-refractivity contribution in [1.29, 1.82) is 0 Å². The third-order valence-corrected chi connectivity index (χ3v) is 2.86. The Kier molecular flexibility index (Phi) is 4.14. The molecule has 0 saturated carbocycles. The summed E-state index contributed by atoms with van der Waals surface area (Å²) in [6.45, 7) is 1.69. The molecule has 0 bridgehead atoms. The van der Waals surface area contributed by atoms with Crippen molar-refractivity contribution < 1.29 is 14.7 Å². The summed E-state index contributed by atoms with van der Waals surface area (Å²) in [5.41, 5.74) is 1.34. The van der Waals surface area contributed by atoms with Gasteiger partial charge in [-0.1, -0.05) is 25.1 Å². The zero-order valence-electron chi connectivity index (χ0n) is 11.0. The summed E-state index contributed by atoms with van der Waals surface area (Å²) in [4.78, 5) is 26.8. The highest BCUT2D eigenvalue weighted by Gasteiger charge is 2.17. The van der Waals surface area contributed by atoms with E-state index in [2.05, 4.69) is 15.6 Å². The minimum Gasteiger partial charge on any atom is -0.480 e. The van der Waals surface area contributed by atoms with Crippen LogP contribution in [-0.2, 0) is 4.79 Å². The first kappa shape index (κ1) is 13.8. The molecule has 2 amide bonds. The van der Waals surface area contributed by atoms with E-state index in [0.717, 1.165) is 10.9 Å². The van der Waals surface area contributed by atoms with Crippen molar-refractivity contribution >= 4 is 28.6 Å². The normalized spacial score (nSPS) is 11.8. The van der Waals surface area contributed by atoms with Crippen LogP contribution < -0.4 is 10.6 Å². The zero-order chi connectivity index (χ0) is 14.5. The number of carboxylic acids is 1. The van der Waals surface area contributed by atoms with Crippen LogP contribution in [-0.4, -0.2) is 28.1 Å². The number of pyridine rings is 1.